The van der Waals surface area contributed by atoms with Crippen molar-refractivity contribution in [2.45, 2.75) is 56.5 Å². The zero-order valence-corrected chi connectivity index (χ0v) is 12.7. The van der Waals surface area contributed by atoms with E-state index in [-0.39, 0.29) is 5.92 Å². The summed E-state index contributed by atoms with van der Waals surface area (Å²) in [5.41, 5.74) is 1.89. The van der Waals surface area contributed by atoms with Gasteiger partial charge in [-0.2, -0.15) is 0 Å². The minimum absolute atomic E-state index is 0.0411. The molecule has 4 saturated carbocycles. The summed E-state index contributed by atoms with van der Waals surface area (Å²) in [6.07, 6.45) is 6.94. The number of aldehydes is 1. The van der Waals surface area contributed by atoms with Crippen molar-refractivity contribution in [3.63, 3.8) is 0 Å². The van der Waals surface area contributed by atoms with E-state index in [9.17, 15) is 9.90 Å². The highest BCUT2D eigenvalue weighted by Gasteiger charge is 2.56. The van der Waals surface area contributed by atoms with Crippen LogP contribution in [0.3, 0.4) is 0 Å². The van der Waals surface area contributed by atoms with Crippen molar-refractivity contribution < 1.29 is 9.90 Å². The SMILES string of the molecule is CC(C=O)c1ccc(C2C3CC4CC(C3)CC2(O)C4)cc1. The number of carbonyl (C=O) groups is 1. The second-order valence-corrected chi connectivity index (χ2v) is 7.78. The zero-order valence-electron chi connectivity index (χ0n) is 12.7. The van der Waals surface area contributed by atoms with Gasteiger partial charge in [-0.05, 0) is 61.0 Å². The van der Waals surface area contributed by atoms with Crippen molar-refractivity contribution in [1.29, 1.82) is 0 Å². The highest BCUT2D eigenvalue weighted by molar-refractivity contribution is 5.61. The van der Waals surface area contributed by atoms with Crippen LogP contribution in [-0.2, 0) is 4.79 Å². The molecule has 21 heavy (non-hydrogen) atoms. The van der Waals surface area contributed by atoms with Gasteiger partial charge < -0.3 is 9.90 Å². The topological polar surface area (TPSA) is 37.3 Å². The van der Waals surface area contributed by atoms with Gasteiger partial charge >= 0.3 is 0 Å². The molecule has 1 aromatic rings. The largest absolute Gasteiger partial charge is 0.389 e. The first-order valence-electron chi connectivity index (χ1n) is 8.36. The van der Waals surface area contributed by atoms with Crippen molar-refractivity contribution in [2.24, 2.45) is 17.8 Å². The van der Waals surface area contributed by atoms with E-state index in [1.165, 1.54) is 24.8 Å². The zero-order chi connectivity index (χ0) is 14.6. The molecule has 0 saturated heterocycles. The van der Waals surface area contributed by atoms with Crippen molar-refractivity contribution >= 4 is 6.29 Å². The second kappa shape index (κ2) is 4.67. The molecule has 4 aliphatic carbocycles. The highest BCUT2D eigenvalue weighted by atomic mass is 16.3. The number of carbonyl (C=O) groups excluding carboxylic acids is 1. The van der Waals surface area contributed by atoms with Gasteiger partial charge in [0.15, 0.2) is 0 Å². The molecule has 2 heteroatoms. The average molecular weight is 284 g/mol. The fourth-order valence-corrected chi connectivity index (χ4v) is 5.67. The molecule has 0 aliphatic heterocycles. The van der Waals surface area contributed by atoms with E-state index in [0.29, 0.717) is 11.8 Å². The van der Waals surface area contributed by atoms with Gasteiger partial charge in [-0.15, -0.1) is 0 Å². The normalized spacial score (nSPS) is 42.0. The minimum atomic E-state index is -0.466. The molecule has 4 bridgehead atoms. The van der Waals surface area contributed by atoms with Crippen LogP contribution >= 0.6 is 0 Å². The van der Waals surface area contributed by atoms with Gasteiger partial charge in [-0.25, -0.2) is 0 Å². The Hall–Kier alpha value is -1.15. The summed E-state index contributed by atoms with van der Waals surface area (Å²) < 4.78 is 0. The van der Waals surface area contributed by atoms with Gasteiger partial charge in [-0.1, -0.05) is 31.2 Å². The van der Waals surface area contributed by atoms with E-state index >= 15 is 0 Å². The first kappa shape index (κ1) is 13.5. The predicted octanol–water partition coefficient (Wildman–Crippen LogP) is 3.64. The van der Waals surface area contributed by atoms with Crippen LogP contribution in [0.5, 0.6) is 0 Å². The number of benzene rings is 1. The molecule has 0 spiro atoms. The molecule has 4 atom stereocenters. The van der Waals surface area contributed by atoms with Gasteiger partial charge in [0.2, 0.25) is 0 Å². The van der Waals surface area contributed by atoms with Gasteiger partial charge in [0, 0.05) is 11.8 Å². The molecular weight excluding hydrogens is 260 g/mol. The number of aliphatic hydroxyl groups is 1. The summed E-state index contributed by atoms with van der Waals surface area (Å²) in [4.78, 5) is 10.9. The number of rotatable bonds is 3. The van der Waals surface area contributed by atoms with Crippen LogP contribution in [0.15, 0.2) is 24.3 Å². The molecular formula is C19H24O2. The summed E-state index contributed by atoms with van der Waals surface area (Å²) in [6, 6.07) is 8.45. The van der Waals surface area contributed by atoms with Gasteiger partial charge in [0.05, 0.1) is 5.60 Å². The van der Waals surface area contributed by atoms with Crippen LogP contribution in [-0.4, -0.2) is 17.0 Å². The fourth-order valence-electron chi connectivity index (χ4n) is 5.67. The van der Waals surface area contributed by atoms with Crippen LogP contribution in [0.25, 0.3) is 0 Å². The fraction of sp³-hybridized carbons (Fsp3) is 0.632. The summed E-state index contributed by atoms with van der Waals surface area (Å²) >= 11 is 0. The quantitative estimate of drug-likeness (QED) is 0.860. The Kier molecular flexibility index (Phi) is 3.01. The molecule has 0 aromatic heterocycles. The molecule has 1 aromatic carbocycles. The van der Waals surface area contributed by atoms with E-state index in [2.05, 4.69) is 24.3 Å². The molecule has 1 N–H and O–H groups in total. The van der Waals surface area contributed by atoms with Crippen molar-refractivity contribution in [3.05, 3.63) is 35.4 Å². The molecule has 2 nitrogen and oxygen atoms in total. The number of hydrogen-bond donors (Lipinski definition) is 1. The molecule has 4 fully saturated rings. The predicted molar refractivity (Wildman–Crippen MR) is 82.2 cm³/mol. The Labute approximate surface area is 126 Å². The van der Waals surface area contributed by atoms with Crippen molar-refractivity contribution in [1.82, 2.24) is 0 Å². The standard InChI is InChI=1S/C19H24O2/c1-12(11-20)15-2-4-16(5-3-15)18-17-7-13-6-14(8-17)10-19(18,21)9-13/h2-5,11-14,17-18,21H,6-10H2,1H3. The Morgan fingerprint density at radius 2 is 1.76 bits per heavy atom. The first-order chi connectivity index (χ1) is 10.1. The Bertz CT molecular complexity index is 533. The van der Waals surface area contributed by atoms with E-state index in [4.69, 9.17) is 0 Å². The van der Waals surface area contributed by atoms with Crippen molar-refractivity contribution in [3.8, 4) is 0 Å². The lowest BCUT2D eigenvalue weighted by Crippen LogP contribution is -2.55. The maximum absolute atomic E-state index is 11.2. The lowest BCUT2D eigenvalue weighted by atomic mass is 9.48. The molecule has 112 valence electrons. The van der Waals surface area contributed by atoms with E-state index in [0.717, 1.165) is 36.5 Å². The summed E-state index contributed by atoms with van der Waals surface area (Å²) in [5, 5.41) is 11.2. The van der Waals surface area contributed by atoms with Crippen molar-refractivity contribution in [2.75, 3.05) is 0 Å². The van der Waals surface area contributed by atoms with E-state index < -0.39 is 5.60 Å². The van der Waals surface area contributed by atoms with Gasteiger partial charge in [0.1, 0.15) is 6.29 Å². The van der Waals surface area contributed by atoms with Crippen LogP contribution in [0.1, 0.15) is 62.0 Å². The summed E-state index contributed by atoms with van der Waals surface area (Å²) in [7, 11) is 0. The molecule has 0 heterocycles. The van der Waals surface area contributed by atoms with Crippen LogP contribution in [0.2, 0.25) is 0 Å². The molecule has 0 amide bonds. The van der Waals surface area contributed by atoms with Crippen LogP contribution in [0, 0.1) is 17.8 Å². The maximum atomic E-state index is 11.2. The smallest absolute Gasteiger partial charge is 0.127 e. The van der Waals surface area contributed by atoms with Gasteiger partial charge in [-0.3, -0.25) is 0 Å². The third-order valence-electron chi connectivity index (χ3n) is 6.30. The third kappa shape index (κ3) is 2.07. The summed E-state index contributed by atoms with van der Waals surface area (Å²) in [6.45, 7) is 1.93. The first-order valence-corrected chi connectivity index (χ1v) is 8.36. The molecule has 5 rings (SSSR count). The average Bonchev–Trinajstić information content (AvgIpc) is 2.45. The Morgan fingerprint density at radius 1 is 1.14 bits per heavy atom. The maximum Gasteiger partial charge on any atom is 0.127 e. The lowest BCUT2D eigenvalue weighted by molar-refractivity contribution is -0.143. The lowest BCUT2D eigenvalue weighted by Gasteiger charge is -2.59. The second-order valence-electron chi connectivity index (χ2n) is 7.78. The van der Waals surface area contributed by atoms with Gasteiger partial charge in [0.25, 0.3) is 0 Å². The molecule has 0 radical (unpaired) electrons. The Balaban J connectivity index is 1.65. The number of hydrogen-bond acceptors (Lipinski definition) is 2. The van der Waals surface area contributed by atoms with Crippen LogP contribution in [0.4, 0.5) is 0 Å². The third-order valence-corrected chi connectivity index (χ3v) is 6.30. The highest BCUT2D eigenvalue weighted by Crippen LogP contribution is 2.61. The summed E-state index contributed by atoms with van der Waals surface area (Å²) in [5.74, 6) is 2.46. The monoisotopic (exact) mass is 284 g/mol. The van der Waals surface area contributed by atoms with Crippen LogP contribution < -0.4 is 0 Å². The molecule has 4 unspecified atom stereocenters. The Morgan fingerprint density at radius 3 is 2.29 bits per heavy atom. The van der Waals surface area contributed by atoms with E-state index in [1.807, 2.05) is 6.92 Å². The van der Waals surface area contributed by atoms with E-state index in [1.54, 1.807) is 0 Å². The minimum Gasteiger partial charge on any atom is -0.389 e. The molecule has 4 aliphatic rings.